The lowest BCUT2D eigenvalue weighted by atomic mass is 10.0. The van der Waals surface area contributed by atoms with Crippen LogP contribution in [0, 0.1) is 0 Å². The van der Waals surface area contributed by atoms with E-state index in [0.717, 1.165) is 11.9 Å². The van der Waals surface area contributed by atoms with Crippen LogP contribution in [0.5, 0.6) is 0 Å². The van der Waals surface area contributed by atoms with Crippen LogP contribution in [0.4, 0.5) is 0 Å². The maximum absolute atomic E-state index is 10.3. The second-order valence-electron chi connectivity index (χ2n) is 2.19. The largest absolute Gasteiger partial charge is 0.348 e. The molecule has 0 spiro atoms. The predicted octanol–water partition coefficient (Wildman–Crippen LogP) is 1.45. The molecule has 0 aliphatic heterocycles. The molecule has 0 amide bonds. The fraction of sp³-hybridized carbons (Fsp3) is 0.125. The summed E-state index contributed by atoms with van der Waals surface area (Å²) < 4.78 is 0. The average molecular weight is 152 g/mol. The van der Waals surface area contributed by atoms with E-state index in [1.807, 2.05) is 0 Å². The average Bonchev–Trinajstić information content (AvgIpc) is 2.06. The van der Waals surface area contributed by atoms with E-state index in [4.69, 9.17) is 5.26 Å². The van der Waals surface area contributed by atoms with Crippen molar-refractivity contribution in [3.63, 3.8) is 0 Å². The van der Waals surface area contributed by atoms with Crippen molar-refractivity contribution in [1.29, 1.82) is 0 Å². The van der Waals surface area contributed by atoms with E-state index in [2.05, 4.69) is 4.89 Å². The van der Waals surface area contributed by atoms with E-state index in [1.165, 1.54) is 6.26 Å². The van der Waals surface area contributed by atoms with Gasteiger partial charge in [-0.15, -0.1) is 0 Å². The van der Waals surface area contributed by atoms with Gasteiger partial charge < -0.3 is 4.89 Å². The lowest BCUT2D eigenvalue weighted by molar-refractivity contribution is -0.187. The van der Waals surface area contributed by atoms with E-state index < -0.39 is 0 Å². The molecule has 11 heavy (non-hydrogen) atoms. The van der Waals surface area contributed by atoms with Crippen molar-refractivity contribution in [2.24, 2.45) is 0 Å². The van der Waals surface area contributed by atoms with Crippen LogP contribution in [0.2, 0.25) is 0 Å². The molecule has 0 aromatic carbocycles. The third-order valence-corrected chi connectivity index (χ3v) is 1.38. The molecule has 1 aliphatic carbocycles. The molecule has 3 heteroatoms. The molecule has 0 fully saturated rings. The van der Waals surface area contributed by atoms with Gasteiger partial charge in [-0.2, -0.15) is 0 Å². The number of rotatable bonds is 2. The normalized spacial score (nSPS) is 19.7. The molecule has 1 rings (SSSR count). The number of hydrogen-bond donors (Lipinski definition) is 1. The summed E-state index contributed by atoms with van der Waals surface area (Å²) in [5.74, 6) is 0. The van der Waals surface area contributed by atoms with Gasteiger partial charge in [0.05, 0.1) is 0 Å². The van der Waals surface area contributed by atoms with Gasteiger partial charge in [-0.3, -0.25) is 4.79 Å². The van der Waals surface area contributed by atoms with Crippen molar-refractivity contribution in [2.45, 2.75) is 6.42 Å². The molecule has 3 nitrogen and oxygen atoms in total. The molecule has 0 aromatic heterocycles. The highest BCUT2D eigenvalue weighted by molar-refractivity contribution is 5.75. The molecule has 0 unspecified atom stereocenters. The lowest BCUT2D eigenvalue weighted by Gasteiger charge is -2.03. The minimum absolute atomic E-state index is 0.514. The second-order valence-corrected chi connectivity index (χ2v) is 2.19. The predicted molar refractivity (Wildman–Crippen MR) is 39.7 cm³/mol. The molecular formula is C8H8O3. The number of hydrogen-bond acceptors (Lipinski definition) is 3. The minimum Gasteiger partial charge on any atom is -0.348 e. The van der Waals surface area contributed by atoms with Gasteiger partial charge in [0.1, 0.15) is 12.5 Å². The van der Waals surface area contributed by atoms with E-state index in [0.29, 0.717) is 12.0 Å². The van der Waals surface area contributed by atoms with E-state index in [1.54, 1.807) is 18.2 Å². The second kappa shape index (κ2) is 3.73. The maximum atomic E-state index is 10.3. The van der Waals surface area contributed by atoms with Crippen LogP contribution in [0.3, 0.4) is 0 Å². The Bertz CT molecular complexity index is 236. The van der Waals surface area contributed by atoms with Gasteiger partial charge in [0.25, 0.3) is 0 Å². The number of carbonyl (C=O) groups is 1. The molecule has 0 saturated carbocycles. The Morgan fingerprint density at radius 3 is 3.09 bits per heavy atom. The molecule has 0 heterocycles. The zero-order valence-electron chi connectivity index (χ0n) is 5.86. The zero-order chi connectivity index (χ0) is 8.10. The van der Waals surface area contributed by atoms with Crippen molar-refractivity contribution < 1.29 is 14.9 Å². The highest BCUT2D eigenvalue weighted by atomic mass is 17.1. The Morgan fingerprint density at radius 1 is 1.64 bits per heavy atom. The van der Waals surface area contributed by atoms with Crippen LogP contribution in [-0.2, 0) is 9.68 Å². The fourth-order valence-corrected chi connectivity index (χ4v) is 0.878. The van der Waals surface area contributed by atoms with Crippen LogP contribution < -0.4 is 0 Å². The van der Waals surface area contributed by atoms with Crippen molar-refractivity contribution >= 4 is 6.29 Å². The molecule has 0 bridgehead atoms. The first-order valence-corrected chi connectivity index (χ1v) is 3.18. The first-order valence-electron chi connectivity index (χ1n) is 3.18. The summed E-state index contributed by atoms with van der Waals surface area (Å²) in [5.41, 5.74) is 1.45. The summed E-state index contributed by atoms with van der Waals surface area (Å²) in [4.78, 5) is 14.1. The van der Waals surface area contributed by atoms with Gasteiger partial charge in [-0.25, -0.2) is 5.26 Å². The van der Waals surface area contributed by atoms with Gasteiger partial charge in [0.15, 0.2) is 0 Å². The standard InChI is InChI=1S/C8H8O3/c9-5-7-2-1-3-8(4-7)6-11-10/h1-3,5-6,10H,4H2/b8-6+. The van der Waals surface area contributed by atoms with Crippen molar-refractivity contribution in [3.05, 3.63) is 35.6 Å². The topological polar surface area (TPSA) is 46.5 Å². The van der Waals surface area contributed by atoms with Crippen LogP contribution >= 0.6 is 0 Å². The third-order valence-electron chi connectivity index (χ3n) is 1.38. The van der Waals surface area contributed by atoms with Crippen LogP contribution in [0.15, 0.2) is 35.6 Å². The van der Waals surface area contributed by atoms with Crippen LogP contribution in [0.1, 0.15) is 6.42 Å². The van der Waals surface area contributed by atoms with Gasteiger partial charge in [0, 0.05) is 6.42 Å². The first-order chi connectivity index (χ1) is 5.36. The van der Waals surface area contributed by atoms with Crippen LogP contribution in [-0.4, -0.2) is 11.5 Å². The molecule has 0 atom stereocenters. The zero-order valence-corrected chi connectivity index (χ0v) is 5.86. The Hall–Kier alpha value is -1.35. The summed E-state index contributed by atoms with van der Waals surface area (Å²) in [6, 6.07) is 0. The molecule has 1 aliphatic rings. The van der Waals surface area contributed by atoms with Gasteiger partial charge in [0.2, 0.25) is 0 Å². The Balaban J connectivity index is 2.69. The SMILES string of the molecule is O=CC1=CC=C/C(=C\OO)C1. The van der Waals surface area contributed by atoms with Crippen LogP contribution in [0.25, 0.3) is 0 Å². The number of aldehydes is 1. The third kappa shape index (κ3) is 2.05. The molecule has 0 radical (unpaired) electrons. The van der Waals surface area contributed by atoms with Crippen molar-refractivity contribution in [2.75, 3.05) is 0 Å². The first kappa shape index (κ1) is 7.75. The van der Waals surface area contributed by atoms with Gasteiger partial charge >= 0.3 is 0 Å². The Morgan fingerprint density at radius 2 is 2.45 bits per heavy atom. The highest BCUT2D eigenvalue weighted by Crippen LogP contribution is 2.15. The van der Waals surface area contributed by atoms with E-state index in [9.17, 15) is 4.79 Å². The van der Waals surface area contributed by atoms with Gasteiger partial charge in [-0.1, -0.05) is 18.2 Å². The summed E-state index contributed by atoms with van der Waals surface area (Å²) in [6.45, 7) is 0. The number of allylic oxidation sites excluding steroid dienone is 5. The monoisotopic (exact) mass is 152 g/mol. The smallest absolute Gasteiger partial charge is 0.146 e. The summed E-state index contributed by atoms with van der Waals surface area (Å²) >= 11 is 0. The summed E-state index contributed by atoms with van der Waals surface area (Å²) in [6.07, 6.45) is 7.73. The van der Waals surface area contributed by atoms with E-state index in [-0.39, 0.29) is 0 Å². The minimum atomic E-state index is 0.514. The van der Waals surface area contributed by atoms with Crippen molar-refractivity contribution in [1.82, 2.24) is 0 Å². The Labute approximate surface area is 64.2 Å². The summed E-state index contributed by atoms with van der Waals surface area (Å²) in [5, 5.41) is 8.06. The van der Waals surface area contributed by atoms with E-state index >= 15 is 0 Å². The summed E-state index contributed by atoms with van der Waals surface area (Å²) in [7, 11) is 0. The maximum Gasteiger partial charge on any atom is 0.146 e. The quantitative estimate of drug-likeness (QED) is 0.282. The number of carbonyl (C=O) groups excluding carboxylic acids is 1. The molecular weight excluding hydrogens is 144 g/mol. The molecule has 58 valence electrons. The Kier molecular flexibility index (Phi) is 2.63. The molecule has 1 N–H and O–H groups in total. The lowest BCUT2D eigenvalue weighted by Crippen LogP contribution is -1.92. The fourth-order valence-electron chi connectivity index (χ4n) is 0.878. The van der Waals surface area contributed by atoms with Gasteiger partial charge in [-0.05, 0) is 11.1 Å². The molecule has 0 saturated heterocycles. The molecule has 0 aromatic rings. The highest BCUT2D eigenvalue weighted by Gasteiger charge is 2.02. The van der Waals surface area contributed by atoms with Crippen molar-refractivity contribution in [3.8, 4) is 0 Å².